The van der Waals surface area contributed by atoms with Gasteiger partial charge in [0.2, 0.25) is 0 Å². The molecule has 120 valence electrons. The van der Waals surface area contributed by atoms with Gasteiger partial charge in [0.25, 0.3) is 5.91 Å². The highest BCUT2D eigenvalue weighted by atomic mass is 19.1. The largest absolute Gasteiger partial charge is 0.366 e. The standard InChI is InChI=1S/C18H18F2N2O/c1-3-21-12(2)11-22(17-7-5-4-6-16(17)21)18(23)14-10-13(19)8-9-15(14)20/h4-10,12H,3,11H2,1-2H3. The van der Waals surface area contributed by atoms with Gasteiger partial charge < -0.3 is 9.80 Å². The second kappa shape index (κ2) is 5.99. The molecule has 3 rings (SSSR count). The third-order valence-electron chi connectivity index (χ3n) is 4.21. The summed E-state index contributed by atoms with van der Waals surface area (Å²) in [6.45, 7) is 5.31. The van der Waals surface area contributed by atoms with Crippen LogP contribution in [0.25, 0.3) is 0 Å². The van der Waals surface area contributed by atoms with E-state index in [1.807, 2.05) is 31.2 Å². The molecule has 1 amide bonds. The number of likely N-dealkylation sites (N-methyl/N-ethyl adjacent to an activating group) is 1. The van der Waals surface area contributed by atoms with Crippen LogP contribution in [0.5, 0.6) is 0 Å². The van der Waals surface area contributed by atoms with Crippen molar-refractivity contribution in [2.24, 2.45) is 0 Å². The first-order valence-electron chi connectivity index (χ1n) is 7.65. The van der Waals surface area contributed by atoms with Crippen LogP contribution in [0.15, 0.2) is 42.5 Å². The molecule has 0 aromatic heterocycles. The van der Waals surface area contributed by atoms with E-state index in [1.165, 1.54) is 4.90 Å². The van der Waals surface area contributed by atoms with Crippen LogP contribution in [0.3, 0.4) is 0 Å². The number of hydrogen-bond acceptors (Lipinski definition) is 2. The number of fused-ring (bicyclic) bond motifs is 1. The zero-order chi connectivity index (χ0) is 16.6. The Kier molecular flexibility index (Phi) is 4.03. The summed E-state index contributed by atoms with van der Waals surface area (Å²) in [6.07, 6.45) is 0. The monoisotopic (exact) mass is 316 g/mol. The van der Waals surface area contributed by atoms with E-state index in [9.17, 15) is 13.6 Å². The Labute approximate surface area is 134 Å². The number of amides is 1. The normalized spacial score (nSPS) is 17.1. The Balaban J connectivity index is 2.06. The highest BCUT2D eigenvalue weighted by Gasteiger charge is 2.32. The van der Waals surface area contributed by atoms with E-state index < -0.39 is 17.5 Å². The Morgan fingerprint density at radius 3 is 2.57 bits per heavy atom. The van der Waals surface area contributed by atoms with Gasteiger partial charge in [-0.2, -0.15) is 0 Å². The van der Waals surface area contributed by atoms with Crippen molar-refractivity contribution in [1.29, 1.82) is 0 Å². The smallest absolute Gasteiger partial charge is 0.261 e. The van der Waals surface area contributed by atoms with E-state index >= 15 is 0 Å². The summed E-state index contributed by atoms with van der Waals surface area (Å²) in [7, 11) is 0. The topological polar surface area (TPSA) is 23.6 Å². The molecule has 0 radical (unpaired) electrons. The molecule has 0 fully saturated rings. The first-order chi connectivity index (χ1) is 11.0. The summed E-state index contributed by atoms with van der Waals surface area (Å²) < 4.78 is 27.4. The van der Waals surface area contributed by atoms with Crippen molar-refractivity contribution in [1.82, 2.24) is 0 Å². The molecule has 0 aliphatic carbocycles. The summed E-state index contributed by atoms with van der Waals surface area (Å²) in [5.74, 6) is -1.85. The number of carbonyl (C=O) groups excluding carboxylic acids is 1. The molecule has 0 saturated heterocycles. The molecule has 0 N–H and O–H groups in total. The fraction of sp³-hybridized carbons (Fsp3) is 0.278. The summed E-state index contributed by atoms with van der Waals surface area (Å²) >= 11 is 0. The second-order valence-electron chi connectivity index (χ2n) is 5.66. The first kappa shape index (κ1) is 15.5. The van der Waals surface area contributed by atoms with Gasteiger partial charge in [-0.15, -0.1) is 0 Å². The SMILES string of the molecule is CCN1c2ccccc2N(C(=O)c2cc(F)ccc2F)CC1C. The first-order valence-corrected chi connectivity index (χ1v) is 7.65. The van der Waals surface area contributed by atoms with E-state index in [0.717, 1.165) is 36.1 Å². The van der Waals surface area contributed by atoms with E-state index in [2.05, 4.69) is 11.8 Å². The van der Waals surface area contributed by atoms with Crippen molar-refractivity contribution >= 4 is 17.3 Å². The maximum Gasteiger partial charge on any atom is 0.261 e. The van der Waals surface area contributed by atoms with Crippen molar-refractivity contribution in [2.75, 3.05) is 22.9 Å². The van der Waals surface area contributed by atoms with Gasteiger partial charge in [0.15, 0.2) is 0 Å². The summed E-state index contributed by atoms with van der Waals surface area (Å²) in [5, 5.41) is 0. The minimum Gasteiger partial charge on any atom is -0.366 e. The van der Waals surface area contributed by atoms with Gasteiger partial charge in [-0.3, -0.25) is 4.79 Å². The molecule has 2 aromatic rings. The highest BCUT2D eigenvalue weighted by molar-refractivity contribution is 6.08. The number of carbonyl (C=O) groups is 1. The van der Waals surface area contributed by atoms with E-state index in [4.69, 9.17) is 0 Å². The molecule has 23 heavy (non-hydrogen) atoms. The van der Waals surface area contributed by atoms with Gasteiger partial charge in [-0.05, 0) is 44.2 Å². The number of benzene rings is 2. The number of rotatable bonds is 2. The molecule has 0 bridgehead atoms. The molecule has 5 heteroatoms. The van der Waals surface area contributed by atoms with Crippen molar-refractivity contribution in [3.63, 3.8) is 0 Å². The molecule has 3 nitrogen and oxygen atoms in total. The molecule has 1 aliphatic heterocycles. The van der Waals surface area contributed by atoms with Crippen molar-refractivity contribution in [2.45, 2.75) is 19.9 Å². The number of para-hydroxylation sites is 2. The molecule has 0 spiro atoms. The van der Waals surface area contributed by atoms with Gasteiger partial charge in [0.1, 0.15) is 11.6 Å². The Bertz CT molecular complexity index is 748. The molecule has 1 atom stereocenters. The summed E-state index contributed by atoms with van der Waals surface area (Å²) in [5.41, 5.74) is 1.41. The quantitative estimate of drug-likeness (QED) is 0.840. The van der Waals surface area contributed by atoms with Crippen LogP contribution in [0.2, 0.25) is 0 Å². The average molecular weight is 316 g/mol. The lowest BCUT2D eigenvalue weighted by Gasteiger charge is -2.42. The molecule has 2 aromatic carbocycles. The molecular formula is C18H18F2N2O. The zero-order valence-electron chi connectivity index (χ0n) is 13.1. The number of halogens is 2. The van der Waals surface area contributed by atoms with E-state index in [1.54, 1.807) is 0 Å². The van der Waals surface area contributed by atoms with Gasteiger partial charge >= 0.3 is 0 Å². The lowest BCUT2D eigenvalue weighted by atomic mass is 10.1. The average Bonchev–Trinajstić information content (AvgIpc) is 2.56. The second-order valence-corrected chi connectivity index (χ2v) is 5.66. The van der Waals surface area contributed by atoms with Gasteiger partial charge in [0.05, 0.1) is 16.9 Å². The van der Waals surface area contributed by atoms with Crippen LogP contribution in [-0.4, -0.2) is 25.0 Å². The van der Waals surface area contributed by atoms with Crippen LogP contribution in [0.4, 0.5) is 20.2 Å². The predicted octanol–water partition coefficient (Wildman–Crippen LogP) is 3.84. The van der Waals surface area contributed by atoms with Gasteiger partial charge in [-0.25, -0.2) is 8.78 Å². The van der Waals surface area contributed by atoms with E-state index in [0.29, 0.717) is 6.54 Å². The molecule has 0 saturated carbocycles. The molecule has 1 unspecified atom stereocenters. The lowest BCUT2D eigenvalue weighted by Crippen LogP contribution is -2.49. The van der Waals surface area contributed by atoms with Crippen LogP contribution in [-0.2, 0) is 0 Å². The van der Waals surface area contributed by atoms with Crippen molar-refractivity contribution < 1.29 is 13.6 Å². The lowest BCUT2D eigenvalue weighted by molar-refractivity contribution is 0.0980. The van der Waals surface area contributed by atoms with Crippen LogP contribution in [0, 0.1) is 11.6 Å². The van der Waals surface area contributed by atoms with Crippen molar-refractivity contribution in [3.8, 4) is 0 Å². The summed E-state index contributed by atoms with van der Waals surface area (Å²) in [6, 6.07) is 10.6. The number of nitrogens with zero attached hydrogens (tertiary/aromatic N) is 2. The molecular weight excluding hydrogens is 298 g/mol. The molecule has 1 aliphatic rings. The van der Waals surface area contributed by atoms with E-state index in [-0.39, 0.29) is 11.6 Å². The van der Waals surface area contributed by atoms with Crippen LogP contribution in [0.1, 0.15) is 24.2 Å². The van der Waals surface area contributed by atoms with Gasteiger partial charge in [-0.1, -0.05) is 12.1 Å². The highest BCUT2D eigenvalue weighted by Crippen LogP contribution is 2.36. The Morgan fingerprint density at radius 1 is 1.17 bits per heavy atom. The van der Waals surface area contributed by atoms with Crippen LogP contribution >= 0.6 is 0 Å². The Hall–Kier alpha value is -2.43. The predicted molar refractivity (Wildman–Crippen MR) is 87.0 cm³/mol. The van der Waals surface area contributed by atoms with Crippen LogP contribution < -0.4 is 9.80 Å². The molecule has 1 heterocycles. The third kappa shape index (κ3) is 2.67. The summed E-state index contributed by atoms with van der Waals surface area (Å²) in [4.78, 5) is 16.5. The fourth-order valence-electron chi connectivity index (χ4n) is 3.11. The minimum absolute atomic E-state index is 0.0930. The number of anilines is 2. The maximum absolute atomic E-state index is 14.0. The minimum atomic E-state index is -0.709. The Morgan fingerprint density at radius 2 is 1.87 bits per heavy atom. The zero-order valence-corrected chi connectivity index (χ0v) is 13.1. The van der Waals surface area contributed by atoms with Crippen molar-refractivity contribution in [3.05, 3.63) is 59.7 Å². The fourth-order valence-corrected chi connectivity index (χ4v) is 3.11. The van der Waals surface area contributed by atoms with Gasteiger partial charge in [0, 0.05) is 19.1 Å². The number of hydrogen-bond donors (Lipinski definition) is 0. The maximum atomic E-state index is 14.0. The third-order valence-corrected chi connectivity index (χ3v) is 4.21.